The Labute approximate surface area is 230 Å². The van der Waals surface area contributed by atoms with Crippen LogP contribution in [0.4, 0.5) is 10.1 Å². The molecule has 3 aromatic heterocycles. The molecule has 1 atom stereocenters. The maximum Gasteiger partial charge on any atom is 0.301 e. The fourth-order valence-electron chi connectivity index (χ4n) is 5.62. The van der Waals surface area contributed by atoms with E-state index in [1.165, 1.54) is 13.2 Å². The van der Waals surface area contributed by atoms with Crippen LogP contribution in [0.5, 0.6) is 11.5 Å². The summed E-state index contributed by atoms with van der Waals surface area (Å²) in [5, 5.41) is 4.28. The van der Waals surface area contributed by atoms with E-state index in [2.05, 4.69) is 15.2 Å². The molecule has 0 aliphatic carbocycles. The first-order valence-electron chi connectivity index (χ1n) is 13.0. The Kier molecular flexibility index (Phi) is 6.43. The number of hydrogen-bond acceptors (Lipinski definition) is 7. The lowest BCUT2D eigenvalue weighted by Gasteiger charge is -2.42. The van der Waals surface area contributed by atoms with Gasteiger partial charge in [0.15, 0.2) is 5.65 Å². The maximum absolute atomic E-state index is 15.2. The van der Waals surface area contributed by atoms with E-state index in [4.69, 9.17) is 26.1 Å². The van der Waals surface area contributed by atoms with E-state index < -0.39 is 5.82 Å². The van der Waals surface area contributed by atoms with Crippen LogP contribution in [0.3, 0.4) is 0 Å². The van der Waals surface area contributed by atoms with Crippen LogP contribution in [0.1, 0.15) is 31.0 Å². The third-order valence-electron chi connectivity index (χ3n) is 7.45. The van der Waals surface area contributed by atoms with Crippen molar-refractivity contribution in [2.24, 2.45) is 0 Å². The lowest BCUT2D eigenvalue weighted by molar-refractivity contribution is 0.244. The van der Waals surface area contributed by atoms with E-state index in [-0.39, 0.29) is 39.5 Å². The van der Waals surface area contributed by atoms with Crippen molar-refractivity contribution < 1.29 is 13.9 Å². The Hall–Kier alpha value is -3.69. The number of nitrogens with one attached hydrogen (secondary N) is 1. The Morgan fingerprint density at radius 2 is 2.08 bits per heavy atom. The summed E-state index contributed by atoms with van der Waals surface area (Å²) in [6, 6.07) is 8.23. The van der Waals surface area contributed by atoms with Gasteiger partial charge in [-0.1, -0.05) is 31.5 Å². The molecule has 4 aromatic rings. The number of hydrogen-bond donors (Lipinski definition) is 1. The monoisotopic (exact) mass is 549 g/mol. The topological polar surface area (TPSA) is 81.5 Å². The summed E-state index contributed by atoms with van der Waals surface area (Å²) in [4.78, 5) is 26.1. The van der Waals surface area contributed by atoms with E-state index in [0.717, 1.165) is 24.3 Å². The van der Waals surface area contributed by atoms with Gasteiger partial charge < -0.3 is 19.7 Å². The van der Waals surface area contributed by atoms with Gasteiger partial charge >= 0.3 is 5.56 Å². The summed E-state index contributed by atoms with van der Waals surface area (Å²) in [5.41, 5.74) is 3.24. The minimum absolute atomic E-state index is 0.0229. The molecule has 202 valence electrons. The summed E-state index contributed by atoms with van der Waals surface area (Å²) in [7, 11) is 1.47. The molecule has 5 heterocycles. The molecule has 0 spiro atoms. The number of benzene rings is 1. The van der Waals surface area contributed by atoms with Gasteiger partial charge in [-0.05, 0) is 42.7 Å². The number of aryl methyl sites for hydroxylation is 1. The van der Waals surface area contributed by atoms with E-state index in [0.29, 0.717) is 41.3 Å². The number of fused-ring (bicyclic) bond motifs is 5. The van der Waals surface area contributed by atoms with Gasteiger partial charge in [-0.25, -0.2) is 9.37 Å². The number of piperazine rings is 1. The van der Waals surface area contributed by atoms with Crippen LogP contribution in [0.2, 0.25) is 5.02 Å². The SMILES string of the molecule is COc1cccc(F)c1-c1nc2c(cc1Cl)c1c(c(=O)n2-c2c(C)ccnc2C(C)C)OC[C@H]2CNCCN12. The van der Waals surface area contributed by atoms with Crippen LogP contribution in [0.15, 0.2) is 41.3 Å². The predicted octanol–water partition coefficient (Wildman–Crippen LogP) is 4.85. The second-order valence-corrected chi connectivity index (χ2v) is 10.6. The Bertz CT molecular complexity index is 1670. The van der Waals surface area contributed by atoms with Gasteiger partial charge in [-0.2, -0.15) is 0 Å². The largest absolute Gasteiger partial charge is 0.496 e. The Balaban J connectivity index is 1.77. The number of nitrogens with zero attached hydrogens (tertiary/aromatic N) is 4. The average Bonchev–Trinajstić information content (AvgIpc) is 2.93. The van der Waals surface area contributed by atoms with E-state index in [9.17, 15) is 4.79 Å². The number of anilines is 1. The number of methoxy groups -OCH3 is 1. The van der Waals surface area contributed by atoms with Gasteiger partial charge in [-0.15, -0.1) is 0 Å². The molecule has 0 saturated carbocycles. The quantitative estimate of drug-likeness (QED) is 0.390. The molecule has 1 aromatic carbocycles. The van der Waals surface area contributed by atoms with Crippen molar-refractivity contribution in [1.82, 2.24) is 19.9 Å². The molecule has 10 heteroatoms. The minimum Gasteiger partial charge on any atom is -0.496 e. The number of halogens is 2. The van der Waals surface area contributed by atoms with Crippen LogP contribution in [-0.4, -0.2) is 53.9 Å². The maximum atomic E-state index is 15.2. The summed E-state index contributed by atoms with van der Waals surface area (Å²) in [5.74, 6) is 0.0462. The summed E-state index contributed by atoms with van der Waals surface area (Å²) in [6.07, 6.45) is 1.74. The standard InChI is InChI=1S/C29H29ClFN5O3/c1-15(2)23-25(16(3)8-9-33-23)36-28-18(26-27(29(36)37)39-14-17-13-32-10-11-35(17)26)12-19(30)24(34-28)22-20(31)6-5-7-21(22)38-4/h5-9,12,15,17,32H,10-11,13-14H2,1-4H3/t17-/m1/s1. The molecule has 1 fully saturated rings. The molecule has 1 N–H and O–H groups in total. The number of rotatable bonds is 4. The molecule has 2 aliphatic heterocycles. The Morgan fingerprint density at radius 3 is 2.85 bits per heavy atom. The van der Waals surface area contributed by atoms with Gasteiger partial charge in [0, 0.05) is 31.2 Å². The van der Waals surface area contributed by atoms with E-state index in [1.54, 1.807) is 29.0 Å². The first-order chi connectivity index (χ1) is 18.8. The lowest BCUT2D eigenvalue weighted by atomic mass is 10.0. The fourth-order valence-corrected chi connectivity index (χ4v) is 5.86. The van der Waals surface area contributed by atoms with Crippen molar-refractivity contribution in [3.63, 3.8) is 0 Å². The third kappa shape index (κ3) is 4.03. The zero-order valence-corrected chi connectivity index (χ0v) is 23.0. The molecular formula is C29H29ClFN5O3. The van der Waals surface area contributed by atoms with Gasteiger partial charge in [0.1, 0.15) is 18.2 Å². The molecule has 39 heavy (non-hydrogen) atoms. The predicted molar refractivity (Wildman–Crippen MR) is 150 cm³/mol. The van der Waals surface area contributed by atoms with Crippen LogP contribution in [-0.2, 0) is 0 Å². The molecular weight excluding hydrogens is 521 g/mol. The molecule has 2 aliphatic rings. The normalized spacial score (nSPS) is 16.7. The minimum atomic E-state index is -0.527. The zero-order valence-electron chi connectivity index (χ0n) is 22.2. The molecule has 0 unspecified atom stereocenters. The van der Waals surface area contributed by atoms with E-state index >= 15 is 4.39 Å². The number of pyridine rings is 3. The molecule has 8 nitrogen and oxygen atoms in total. The highest BCUT2D eigenvalue weighted by molar-refractivity contribution is 6.34. The second kappa shape index (κ2) is 9.81. The van der Waals surface area contributed by atoms with Crippen LogP contribution < -0.4 is 25.2 Å². The molecule has 0 bridgehead atoms. The van der Waals surface area contributed by atoms with Crippen molar-refractivity contribution in [1.29, 1.82) is 0 Å². The summed E-state index contributed by atoms with van der Waals surface area (Å²) in [6.45, 7) is 8.57. The molecule has 1 saturated heterocycles. The van der Waals surface area contributed by atoms with Crippen LogP contribution >= 0.6 is 11.6 Å². The highest BCUT2D eigenvalue weighted by Gasteiger charge is 2.36. The lowest BCUT2D eigenvalue weighted by Crippen LogP contribution is -2.56. The molecule has 0 amide bonds. The van der Waals surface area contributed by atoms with Crippen molar-refractivity contribution in [3.05, 3.63) is 69.0 Å². The summed E-state index contributed by atoms with van der Waals surface area (Å²) < 4.78 is 28.4. The van der Waals surface area contributed by atoms with Gasteiger partial charge in [0.05, 0.1) is 46.5 Å². The third-order valence-corrected chi connectivity index (χ3v) is 7.74. The summed E-state index contributed by atoms with van der Waals surface area (Å²) >= 11 is 6.85. The van der Waals surface area contributed by atoms with Crippen molar-refractivity contribution in [2.75, 3.05) is 38.3 Å². The highest BCUT2D eigenvalue weighted by Crippen LogP contribution is 2.43. The number of ether oxygens (including phenoxy) is 2. The van der Waals surface area contributed by atoms with Gasteiger partial charge in [-0.3, -0.25) is 14.3 Å². The molecule has 6 rings (SSSR count). The Morgan fingerprint density at radius 1 is 1.26 bits per heavy atom. The van der Waals surface area contributed by atoms with Crippen LogP contribution in [0, 0.1) is 12.7 Å². The van der Waals surface area contributed by atoms with Crippen molar-refractivity contribution in [3.8, 4) is 28.4 Å². The highest BCUT2D eigenvalue weighted by atomic mass is 35.5. The van der Waals surface area contributed by atoms with E-state index in [1.807, 2.05) is 26.8 Å². The van der Waals surface area contributed by atoms with Crippen molar-refractivity contribution in [2.45, 2.75) is 32.7 Å². The average molecular weight is 550 g/mol. The van der Waals surface area contributed by atoms with Crippen LogP contribution in [0.25, 0.3) is 28.0 Å². The van der Waals surface area contributed by atoms with Gasteiger partial charge in [0.2, 0.25) is 5.75 Å². The fraction of sp³-hybridized carbons (Fsp3) is 0.345. The smallest absolute Gasteiger partial charge is 0.301 e. The van der Waals surface area contributed by atoms with Gasteiger partial charge in [0.25, 0.3) is 0 Å². The first kappa shape index (κ1) is 25.6. The number of aromatic nitrogens is 3. The first-order valence-corrected chi connectivity index (χ1v) is 13.4. The second-order valence-electron chi connectivity index (χ2n) is 10.2. The van der Waals surface area contributed by atoms with Crippen molar-refractivity contribution >= 4 is 28.3 Å². The zero-order chi connectivity index (χ0) is 27.4. The molecule has 0 radical (unpaired) electrons.